The fourth-order valence-corrected chi connectivity index (χ4v) is 3.29. The van der Waals surface area contributed by atoms with Crippen LogP contribution in [-0.4, -0.2) is 35.6 Å². The van der Waals surface area contributed by atoms with Crippen LogP contribution in [0.1, 0.15) is 58.3 Å². The van der Waals surface area contributed by atoms with E-state index < -0.39 is 0 Å². The summed E-state index contributed by atoms with van der Waals surface area (Å²) in [6, 6.07) is 0.513. The molecule has 0 aromatic rings. The van der Waals surface area contributed by atoms with Gasteiger partial charge >= 0.3 is 6.03 Å². The van der Waals surface area contributed by atoms with Gasteiger partial charge in [0.05, 0.1) is 5.54 Å². The SMILES string of the molecule is CCN(C(=O)NC1CCC1)C1(CN)CCCCC1. The molecule has 2 saturated carbocycles. The van der Waals surface area contributed by atoms with Crippen molar-refractivity contribution in [3.05, 3.63) is 0 Å². The van der Waals surface area contributed by atoms with Crippen molar-refractivity contribution in [1.29, 1.82) is 0 Å². The van der Waals surface area contributed by atoms with E-state index in [1.54, 1.807) is 0 Å². The molecule has 2 amide bonds. The molecule has 4 heteroatoms. The lowest BCUT2D eigenvalue weighted by Gasteiger charge is -2.46. The van der Waals surface area contributed by atoms with Crippen molar-refractivity contribution in [3.8, 4) is 0 Å². The monoisotopic (exact) mass is 253 g/mol. The molecule has 4 nitrogen and oxygen atoms in total. The van der Waals surface area contributed by atoms with Gasteiger partial charge in [-0.05, 0) is 39.0 Å². The minimum absolute atomic E-state index is 0.0825. The number of nitrogens with two attached hydrogens (primary N) is 1. The Hall–Kier alpha value is -0.770. The molecule has 2 aliphatic rings. The predicted octanol–water partition coefficient (Wildman–Crippen LogP) is 2.23. The van der Waals surface area contributed by atoms with Crippen LogP contribution in [0, 0.1) is 0 Å². The number of urea groups is 1. The Kier molecular flexibility index (Phi) is 4.49. The summed E-state index contributed by atoms with van der Waals surface area (Å²) in [6.07, 6.45) is 9.33. The topological polar surface area (TPSA) is 58.4 Å². The van der Waals surface area contributed by atoms with E-state index in [0.717, 1.165) is 32.2 Å². The summed E-state index contributed by atoms with van der Waals surface area (Å²) in [5.41, 5.74) is 5.93. The minimum Gasteiger partial charge on any atom is -0.335 e. The molecule has 0 aromatic heterocycles. The lowest BCUT2D eigenvalue weighted by atomic mass is 9.80. The Morgan fingerprint density at radius 3 is 2.39 bits per heavy atom. The molecule has 0 spiro atoms. The highest BCUT2D eigenvalue weighted by Gasteiger charge is 2.39. The van der Waals surface area contributed by atoms with Crippen molar-refractivity contribution < 1.29 is 4.79 Å². The number of hydrogen-bond acceptors (Lipinski definition) is 2. The van der Waals surface area contributed by atoms with Crippen LogP contribution >= 0.6 is 0 Å². The van der Waals surface area contributed by atoms with Gasteiger partial charge in [0.1, 0.15) is 0 Å². The van der Waals surface area contributed by atoms with E-state index in [9.17, 15) is 4.79 Å². The van der Waals surface area contributed by atoms with Crippen molar-refractivity contribution in [2.45, 2.75) is 69.9 Å². The number of carbonyl (C=O) groups excluding carboxylic acids is 1. The van der Waals surface area contributed by atoms with E-state index >= 15 is 0 Å². The van der Waals surface area contributed by atoms with Crippen molar-refractivity contribution in [2.24, 2.45) is 5.73 Å². The highest BCUT2D eigenvalue weighted by molar-refractivity contribution is 5.75. The third-order valence-corrected chi connectivity index (χ3v) is 4.73. The summed E-state index contributed by atoms with van der Waals surface area (Å²) in [6.45, 7) is 3.42. The first kappa shape index (κ1) is 13.7. The second-order valence-electron chi connectivity index (χ2n) is 5.81. The highest BCUT2D eigenvalue weighted by atomic mass is 16.2. The molecule has 0 unspecified atom stereocenters. The van der Waals surface area contributed by atoms with Crippen LogP contribution in [0.4, 0.5) is 4.79 Å². The normalized spacial score (nSPS) is 23.2. The predicted molar refractivity (Wildman–Crippen MR) is 73.4 cm³/mol. The Morgan fingerprint density at radius 1 is 1.28 bits per heavy atom. The first-order chi connectivity index (χ1) is 8.72. The number of hydrogen-bond donors (Lipinski definition) is 2. The summed E-state index contributed by atoms with van der Waals surface area (Å²) < 4.78 is 0. The Bertz CT molecular complexity index is 283. The maximum atomic E-state index is 12.4. The van der Waals surface area contributed by atoms with Crippen LogP contribution in [-0.2, 0) is 0 Å². The zero-order valence-corrected chi connectivity index (χ0v) is 11.6. The van der Waals surface area contributed by atoms with Crippen LogP contribution in [0.2, 0.25) is 0 Å². The van der Waals surface area contributed by atoms with Gasteiger partial charge in [-0.2, -0.15) is 0 Å². The van der Waals surface area contributed by atoms with Gasteiger partial charge in [-0.15, -0.1) is 0 Å². The van der Waals surface area contributed by atoms with Gasteiger partial charge in [0, 0.05) is 19.1 Å². The van der Waals surface area contributed by atoms with Gasteiger partial charge in [0.15, 0.2) is 0 Å². The summed E-state index contributed by atoms with van der Waals surface area (Å²) >= 11 is 0. The largest absolute Gasteiger partial charge is 0.335 e. The second kappa shape index (κ2) is 5.91. The Labute approximate surface area is 110 Å². The molecule has 0 aromatic carbocycles. The van der Waals surface area contributed by atoms with Crippen LogP contribution in [0.5, 0.6) is 0 Å². The molecule has 3 N–H and O–H groups in total. The summed E-state index contributed by atoms with van der Waals surface area (Å²) in [5, 5.41) is 3.16. The van der Waals surface area contributed by atoms with Crippen LogP contribution in [0.25, 0.3) is 0 Å². The Balaban J connectivity index is 2.01. The molecule has 104 valence electrons. The maximum Gasteiger partial charge on any atom is 0.318 e. The van der Waals surface area contributed by atoms with Crippen LogP contribution < -0.4 is 11.1 Å². The molecule has 0 aliphatic heterocycles. The van der Waals surface area contributed by atoms with Gasteiger partial charge in [0.25, 0.3) is 0 Å². The molecule has 2 rings (SSSR count). The van der Waals surface area contributed by atoms with Crippen LogP contribution in [0.3, 0.4) is 0 Å². The van der Waals surface area contributed by atoms with Crippen molar-refractivity contribution in [2.75, 3.05) is 13.1 Å². The fourth-order valence-electron chi connectivity index (χ4n) is 3.29. The van der Waals surface area contributed by atoms with Gasteiger partial charge in [0.2, 0.25) is 0 Å². The van der Waals surface area contributed by atoms with Gasteiger partial charge in [-0.1, -0.05) is 19.3 Å². The first-order valence-corrected chi connectivity index (χ1v) is 7.50. The molecule has 0 saturated heterocycles. The molecule has 2 aliphatic carbocycles. The molecular formula is C14H27N3O. The first-order valence-electron chi connectivity index (χ1n) is 7.50. The maximum absolute atomic E-state index is 12.4. The zero-order chi connectivity index (χ0) is 13.0. The molecule has 0 atom stereocenters. The molecule has 0 bridgehead atoms. The fraction of sp³-hybridized carbons (Fsp3) is 0.929. The third kappa shape index (κ3) is 2.63. The van der Waals surface area contributed by atoms with Crippen LogP contribution in [0.15, 0.2) is 0 Å². The Morgan fingerprint density at radius 2 is 1.94 bits per heavy atom. The molecule has 0 heterocycles. The van der Waals surface area contributed by atoms with E-state index in [4.69, 9.17) is 5.73 Å². The van der Waals surface area contributed by atoms with E-state index in [2.05, 4.69) is 12.2 Å². The minimum atomic E-state index is -0.0825. The van der Waals surface area contributed by atoms with E-state index in [0.29, 0.717) is 12.6 Å². The van der Waals surface area contributed by atoms with E-state index in [1.165, 1.54) is 25.7 Å². The molecule has 18 heavy (non-hydrogen) atoms. The standard InChI is InChI=1S/C14H27N3O/c1-2-17(13(18)16-12-7-6-8-12)14(11-15)9-4-3-5-10-14/h12H,2-11,15H2,1H3,(H,16,18). The number of carbonyl (C=O) groups is 1. The summed E-state index contributed by atoms with van der Waals surface area (Å²) in [7, 11) is 0. The van der Waals surface area contributed by atoms with Crippen molar-refractivity contribution in [3.63, 3.8) is 0 Å². The second-order valence-corrected chi connectivity index (χ2v) is 5.81. The number of nitrogens with zero attached hydrogens (tertiary/aromatic N) is 1. The third-order valence-electron chi connectivity index (χ3n) is 4.73. The van der Waals surface area contributed by atoms with E-state index in [-0.39, 0.29) is 11.6 Å². The lowest BCUT2D eigenvalue weighted by molar-refractivity contribution is 0.0837. The zero-order valence-electron chi connectivity index (χ0n) is 11.6. The van der Waals surface area contributed by atoms with Gasteiger partial charge in [-0.25, -0.2) is 4.79 Å². The number of amides is 2. The highest BCUT2D eigenvalue weighted by Crippen LogP contribution is 2.33. The van der Waals surface area contributed by atoms with Crippen molar-refractivity contribution in [1.82, 2.24) is 10.2 Å². The molecule has 0 radical (unpaired) electrons. The quantitative estimate of drug-likeness (QED) is 0.807. The van der Waals surface area contributed by atoms with Crippen molar-refractivity contribution >= 4 is 6.03 Å². The summed E-state index contributed by atoms with van der Waals surface area (Å²) in [4.78, 5) is 14.4. The smallest absolute Gasteiger partial charge is 0.318 e. The molecule has 2 fully saturated rings. The number of rotatable bonds is 4. The average molecular weight is 253 g/mol. The average Bonchev–Trinajstić information content (AvgIpc) is 2.36. The molecular weight excluding hydrogens is 226 g/mol. The van der Waals surface area contributed by atoms with Gasteiger partial charge in [-0.3, -0.25) is 0 Å². The summed E-state index contributed by atoms with van der Waals surface area (Å²) in [5.74, 6) is 0. The van der Waals surface area contributed by atoms with Gasteiger partial charge < -0.3 is 16.0 Å². The lowest BCUT2D eigenvalue weighted by Crippen LogP contribution is -2.61. The number of nitrogens with one attached hydrogen (secondary N) is 1. The number of likely N-dealkylation sites (N-methyl/N-ethyl adjacent to an activating group) is 1. The van der Waals surface area contributed by atoms with E-state index in [1.807, 2.05) is 4.90 Å².